The summed E-state index contributed by atoms with van der Waals surface area (Å²) in [6, 6.07) is 0. The van der Waals surface area contributed by atoms with Crippen molar-refractivity contribution in [2.45, 2.75) is 52.1 Å². The maximum Gasteiger partial charge on any atom is 0.132 e. The van der Waals surface area contributed by atoms with E-state index < -0.39 is 0 Å². The second kappa shape index (κ2) is 5.85. The number of aryl methyl sites for hydroxylation is 1. The van der Waals surface area contributed by atoms with Crippen molar-refractivity contribution < 1.29 is 0 Å². The molecular weight excluding hydrogens is 282 g/mol. The van der Waals surface area contributed by atoms with Gasteiger partial charge in [-0.05, 0) is 12.3 Å². The first-order chi connectivity index (χ1) is 10.0. The molecule has 1 aliphatic heterocycles. The number of nitrogens with zero attached hydrogens (tertiary/aromatic N) is 4. The maximum atomic E-state index is 4.53. The summed E-state index contributed by atoms with van der Waals surface area (Å²) in [5.41, 5.74) is 0.150. The number of thiazole rings is 1. The van der Waals surface area contributed by atoms with Crippen LogP contribution in [-0.2, 0) is 24.9 Å². The fraction of sp³-hybridized carbons (Fsp3) is 0.667. The molecule has 1 N–H and O–H groups in total. The number of fused-ring (bicyclic) bond motifs is 1. The fourth-order valence-corrected chi connectivity index (χ4v) is 3.57. The molecular formula is C15H23N5S. The quantitative estimate of drug-likeness (QED) is 0.942. The molecule has 0 aromatic carbocycles. The smallest absolute Gasteiger partial charge is 0.132 e. The van der Waals surface area contributed by atoms with E-state index in [1.54, 1.807) is 0 Å². The third kappa shape index (κ3) is 3.49. The second-order valence-corrected chi connectivity index (χ2v) is 7.93. The van der Waals surface area contributed by atoms with Crippen molar-refractivity contribution in [1.29, 1.82) is 0 Å². The van der Waals surface area contributed by atoms with Crippen LogP contribution in [0.5, 0.6) is 0 Å². The summed E-state index contributed by atoms with van der Waals surface area (Å²) in [7, 11) is 0. The lowest BCUT2D eigenvalue weighted by atomic mass is 9.98. The van der Waals surface area contributed by atoms with Gasteiger partial charge in [0.1, 0.15) is 12.2 Å². The summed E-state index contributed by atoms with van der Waals surface area (Å²) < 4.78 is 2.18. The number of aromatic nitrogens is 4. The fourth-order valence-electron chi connectivity index (χ4n) is 2.63. The minimum absolute atomic E-state index is 0.150. The van der Waals surface area contributed by atoms with E-state index in [4.69, 9.17) is 0 Å². The van der Waals surface area contributed by atoms with Gasteiger partial charge in [-0.3, -0.25) is 0 Å². The molecule has 0 saturated carbocycles. The average molecular weight is 305 g/mol. The van der Waals surface area contributed by atoms with E-state index in [1.807, 2.05) is 23.9 Å². The highest BCUT2D eigenvalue weighted by molar-refractivity contribution is 7.11. The van der Waals surface area contributed by atoms with Crippen LogP contribution in [-0.4, -0.2) is 26.3 Å². The normalized spacial score (nSPS) is 18.7. The first kappa shape index (κ1) is 14.7. The van der Waals surface area contributed by atoms with Crippen LogP contribution in [0.2, 0.25) is 0 Å². The van der Waals surface area contributed by atoms with Gasteiger partial charge in [-0.25, -0.2) is 4.98 Å². The Kier molecular flexibility index (Phi) is 4.08. The lowest BCUT2D eigenvalue weighted by Crippen LogP contribution is -2.29. The molecule has 1 unspecified atom stereocenters. The molecule has 114 valence electrons. The van der Waals surface area contributed by atoms with Crippen LogP contribution in [0.15, 0.2) is 12.5 Å². The summed E-state index contributed by atoms with van der Waals surface area (Å²) in [5.74, 6) is 1.80. The lowest BCUT2D eigenvalue weighted by Gasteiger charge is -2.23. The van der Waals surface area contributed by atoms with Gasteiger partial charge < -0.3 is 9.88 Å². The SMILES string of the molecule is CC(C)(C)c1ncc(CNCC2CCc3nncn3C2)s1. The summed E-state index contributed by atoms with van der Waals surface area (Å²) in [4.78, 5) is 5.85. The van der Waals surface area contributed by atoms with Crippen molar-refractivity contribution in [3.63, 3.8) is 0 Å². The molecule has 0 aliphatic carbocycles. The predicted octanol–water partition coefficient (Wildman–Crippen LogP) is 2.38. The molecule has 1 aliphatic rings. The third-order valence-electron chi connectivity index (χ3n) is 3.85. The topological polar surface area (TPSA) is 55.6 Å². The van der Waals surface area contributed by atoms with Crippen LogP contribution in [0, 0.1) is 5.92 Å². The van der Waals surface area contributed by atoms with Crippen molar-refractivity contribution in [2.24, 2.45) is 5.92 Å². The van der Waals surface area contributed by atoms with Gasteiger partial charge >= 0.3 is 0 Å². The molecule has 5 nitrogen and oxygen atoms in total. The van der Waals surface area contributed by atoms with Crippen LogP contribution in [0.1, 0.15) is 42.9 Å². The van der Waals surface area contributed by atoms with E-state index >= 15 is 0 Å². The summed E-state index contributed by atoms with van der Waals surface area (Å²) in [6.07, 6.45) is 6.10. The largest absolute Gasteiger partial charge is 0.317 e. The number of hydrogen-bond donors (Lipinski definition) is 1. The molecule has 0 amide bonds. The Morgan fingerprint density at radius 3 is 3.05 bits per heavy atom. The Hall–Kier alpha value is -1.27. The van der Waals surface area contributed by atoms with Gasteiger partial charge in [0.15, 0.2) is 0 Å². The Morgan fingerprint density at radius 1 is 1.43 bits per heavy atom. The monoisotopic (exact) mass is 305 g/mol. The van der Waals surface area contributed by atoms with E-state index in [2.05, 4.69) is 45.8 Å². The highest BCUT2D eigenvalue weighted by Gasteiger charge is 2.20. The highest BCUT2D eigenvalue weighted by atomic mass is 32.1. The average Bonchev–Trinajstić information content (AvgIpc) is 3.05. The van der Waals surface area contributed by atoms with Gasteiger partial charge in [0.05, 0.1) is 5.01 Å². The molecule has 0 fully saturated rings. The summed E-state index contributed by atoms with van der Waals surface area (Å²) in [5, 5.41) is 12.9. The van der Waals surface area contributed by atoms with Crippen LogP contribution in [0.25, 0.3) is 0 Å². The predicted molar refractivity (Wildman–Crippen MR) is 84.4 cm³/mol. The van der Waals surface area contributed by atoms with Crippen molar-refractivity contribution in [3.05, 3.63) is 28.2 Å². The zero-order chi connectivity index (χ0) is 14.9. The van der Waals surface area contributed by atoms with Crippen molar-refractivity contribution in [3.8, 4) is 0 Å². The molecule has 0 saturated heterocycles. The minimum Gasteiger partial charge on any atom is -0.317 e. The first-order valence-corrected chi connectivity index (χ1v) is 8.36. The molecule has 2 aromatic heterocycles. The minimum atomic E-state index is 0.150. The molecule has 3 heterocycles. The first-order valence-electron chi connectivity index (χ1n) is 7.55. The van der Waals surface area contributed by atoms with E-state index in [1.165, 1.54) is 16.3 Å². The van der Waals surface area contributed by atoms with Gasteiger partial charge in [-0.15, -0.1) is 21.5 Å². The molecule has 0 spiro atoms. The molecule has 1 atom stereocenters. The standard InChI is InChI=1S/C15H23N5S/c1-15(2,3)14-17-8-12(21-14)7-16-6-11-4-5-13-19-18-10-20(13)9-11/h8,10-11,16H,4-7,9H2,1-3H3. The van der Waals surface area contributed by atoms with E-state index in [0.29, 0.717) is 5.92 Å². The Balaban J connectivity index is 1.48. The van der Waals surface area contributed by atoms with Gasteiger partial charge in [-0.2, -0.15) is 0 Å². The van der Waals surface area contributed by atoms with Crippen LogP contribution in [0.4, 0.5) is 0 Å². The summed E-state index contributed by atoms with van der Waals surface area (Å²) in [6.45, 7) is 9.62. The second-order valence-electron chi connectivity index (χ2n) is 6.82. The lowest BCUT2D eigenvalue weighted by molar-refractivity contribution is 0.348. The van der Waals surface area contributed by atoms with Crippen LogP contribution < -0.4 is 5.32 Å². The number of rotatable bonds is 4. The Morgan fingerprint density at radius 2 is 2.29 bits per heavy atom. The molecule has 21 heavy (non-hydrogen) atoms. The Labute approximate surface area is 129 Å². The van der Waals surface area contributed by atoms with Crippen LogP contribution >= 0.6 is 11.3 Å². The maximum absolute atomic E-state index is 4.53. The van der Waals surface area contributed by atoms with E-state index in [0.717, 1.165) is 31.9 Å². The third-order valence-corrected chi connectivity index (χ3v) is 5.28. The van der Waals surface area contributed by atoms with E-state index in [-0.39, 0.29) is 5.41 Å². The van der Waals surface area contributed by atoms with Gasteiger partial charge in [-0.1, -0.05) is 20.8 Å². The van der Waals surface area contributed by atoms with E-state index in [9.17, 15) is 0 Å². The van der Waals surface area contributed by atoms with Gasteiger partial charge in [0.2, 0.25) is 0 Å². The zero-order valence-electron chi connectivity index (χ0n) is 13.0. The van der Waals surface area contributed by atoms with Gasteiger partial charge in [0, 0.05) is 42.5 Å². The summed E-state index contributed by atoms with van der Waals surface area (Å²) >= 11 is 1.82. The molecule has 3 rings (SSSR count). The molecule has 0 bridgehead atoms. The van der Waals surface area contributed by atoms with Crippen molar-refractivity contribution >= 4 is 11.3 Å². The number of nitrogens with one attached hydrogen (secondary N) is 1. The van der Waals surface area contributed by atoms with Gasteiger partial charge in [0.25, 0.3) is 0 Å². The molecule has 0 radical (unpaired) electrons. The highest BCUT2D eigenvalue weighted by Crippen LogP contribution is 2.26. The number of hydrogen-bond acceptors (Lipinski definition) is 5. The zero-order valence-corrected chi connectivity index (χ0v) is 13.8. The van der Waals surface area contributed by atoms with Crippen LogP contribution in [0.3, 0.4) is 0 Å². The molecule has 6 heteroatoms. The van der Waals surface area contributed by atoms with Crippen molar-refractivity contribution in [1.82, 2.24) is 25.1 Å². The molecule has 2 aromatic rings. The van der Waals surface area contributed by atoms with Crippen molar-refractivity contribution in [2.75, 3.05) is 6.54 Å². The Bertz CT molecular complexity index is 595.